The van der Waals surface area contributed by atoms with Crippen LogP contribution in [-0.2, 0) is 6.73 Å². The molecule has 1 aliphatic rings. The summed E-state index contributed by atoms with van der Waals surface area (Å²) in [5.74, 6) is -0.179. The Morgan fingerprint density at radius 3 is 2.52 bits per heavy atom. The van der Waals surface area contributed by atoms with E-state index in [9.17, 15) is 23.1 Å². The fraction of sp³-hybridized carbons (Fsp3) is 0.421. The van der Waals surface area contributed by atoms with Crippen molar-refractivity contribution in [3.63, 3.8) is 0 Å². The first-order chi connectivity index (χ1) is 13.5. The highest BCUT2D eigenvalue weighted by molar-refractivity contribution is 5.96. The number of carbonyl (C=O) groups excluding carboxylic acids is 1. The van der Waals surface area contributed by atoms with Crippen LogP contribution in [0.25, 0.3) is 0 Å². The van der Waals surface area contributed by atoms with Crippen LogP contribution in [0.4, 0.5) is 13.2 Å². The molecule has 1 aliphatic heterocycles. The third kappa shape index (κ3) is 4.12. The van der Waals surface area contributed by atoms with Gasteiger partial charge >= 0.3 is 6.18 Å². The van der Waals surface area contributed by atoms with Crippen molar-refractivity contribution in [2.75, 3.05) is 0 Å². The molecule has 7 nitrogen and oxygen atoms in total. The number of aliphatic hydroxyl groups is 1. The second-order valence-corrected chi connectivity index (χ2v) is 7.18. The molecule has 3 rings (SSSR count). The molecule has 1 aromatic heterocycles. The van der Waals surface area contributed by atoms with Crippen molar-refractivity contribution >= 4 is 11.6 Å². The van der Waals surface area contributed by atoms with Crippen molar-refractivity contribution in [3.8, 4) is 5.75 Å². The minimum absolute atomic E-state index is 0.00853. The SMILES string of the molecule is CC1=NN(C(=O)c2ccn(COc3ccc(C(C)C)cc3)n2)[C@](O)(C(F)(F)F)C1. The van der Waals surface area contributed by atoms with E-state index in [1.807, 2.05) is 12.1 Å². The standard InChI is InChI=1S/C19H21F3N4O3/c1-12(2)14-4-6-15(7-5-14)29-11-25-9-8-16(24-25)17(27)26-18(28,19(20,21)22)10-13(3)23-26/h4-9,12,28H,10-11H2,1-3H3/t18-/m1/s1. The summed E-state index contributed by atoms with van der Waals surface area (Å²) >= 11 is 0. The summed E-state index contributed by atoms with van der Waals surface area (Å²) in [6.45, 7) is 5.41. The van der Waals surface area contributed by atoms with Crippen LogP contribution < -0.4 is 4.74 Å². The lowest BCUT2D eigenvalue weighted by Gasteiger charge is -2.32. The minimum atomic E-state index is -5.06. The van der Waals surface area contributed by atoms with E-state index in [1.54, 1.807) is 12.1 Å². The second-order valence-electron chi connectivity index (χ2n) is 7.18. The van der Waals surface area contributed by atoms with Gasteiger partial charge in [-0.05, 0) is 36.6 Å². The molecular weight excluding hydrogens is 389 g/mol. The van der Waals surface area contributed by atoms with Crippen LogP contribution >= 0.6 is 0 Å². The number of alkyl halides is 3. The lowest BCUT2D eigenvalue weighted by Crippen LogP contribution is -2.56. The molecule has 2 heterocycles. The number of hydrogen-bond acceptors (Lipinski definition) is 5. The number of hydrogen-bond donors (Lipinski definition) is 1. The van der Waals surface area contributed by atoms with E-state index in [-0.39, 0.29) is 23.1 Å². The van der Waals surface area contributed by atoms with Gasteiger partial charge in [-0.1, -0.05) is 26.0 Å². The van der Waals surface area contributed by atoms with Crippen LogP contribution in [0.15, 0.2) is 41.6 Å². The topological polar surface area (TPSA) is 80.0 Å². The van der Waals surface area contributed by atoms with E-state index in [1.165, 1.54) is 23.9 Å². The summed E-state index contributed by atoms with van der Waals surface area (Å²) in [4.78, 5) is 12.5. The molecular formula is C19H21F3N4O3. The third-order valence-electron chi connectivity index (χ3n) is 4.54. The van der Waals surface area contributed by atoms with E-state index < -0.39 is 24.2 Å². The van der Waals surface area contributed by atoms with Crippen LogP contribution in [-0.4, -0.2) is 43.4 Å². The Balaban J connectivity index is 1.70. The predicted molar refractivity (Wildman–Crippen MR) is 98.3 cm³/mol. The van der Waals surface area contributed by atoms with Crippen LogP contribution in [0, 0.1) is 0 Å². The average molecular weight is 410 g/mol. The molecule has 0 radical (unpaired) electrons. The van der Waals surface area contributed by atoms with Crippen LogP contribution in [0.5, 0.6) is 5.75 Å². The van der Waals surface area contributed by atoms with E-state index in [4.69, 9.17) is 4.74 Å². The number of nitrogens with zero attached hydrogens (tertiary/aromatic N) is 4. The quantitative estimate of drug-likeness (QED) is 0.818. The van der Waals surface area contributed by atoms with Gasteiger partial charge in [0.25, 0.3) is 11.6 Å². The Bertz CT molecular complexity index is 922. The monoisotopic (exact) mass is 410 g/mol. The van der Waals surface area contributed by atoms with Crippen molar-refractivity contribution in [1.29, 1.82) is 0 Å². The molecule has 0 unspecified atom stereocenters. The predicted octanol–water partition coefficient (Wildman–Crippen LogP) is 3.52. The summed E-state index contributed by atoms with van der Waals surface area (Å²) in [5.41, 5.74) is -2.52. The maximum absolute atomic E-state index is 13.3. The molecule has 29 heavy (non-hydrogen) atoms. The molecule has 1 aromatic carbocycles. The zero-order valence-corrected chi connectivity index (χ0v) is 16.1. The van der Waals surface area contributed by atoms with Crippen LogP contribution in [0.3, 0.4) is 0 Å². The maximum atomic E-state index is 13.3. The van der Waals surface area contributed by atoms with Crippen molar-refractivity contribution in [1.82, 2.24) is 14.8 Å². The first kappa shape index (κ1) is 20.8. The Labute approximate surface area is 165 Å². The van der Waals surface area contributed by atoms with Gasteiger partial charge in [-0.3, -0.25) is 4.79 Å². The van der Waals surface area contributed by atoms with Gasteiger partial charge < -0.3 is 9.84 Å². The zero-order valence-electron chi connectivity index (χ0n) is 16.1. The molecule has 1 amide bonds. The molecule has 0 spiro atoms. The molecule has 0 aliphatic carbocycles. The Morgan fingerprint density at radius 2 is 1.93 bits per heavy atom. The fourth-order valence-electron chi connectivity index (χ4n) is 2.90. The van der Waals surface area contributed by atoms with Gasteiger partial charge in [0.05, 0.1) is 0 Å². The molecule has 10 heteroatoms. The number of rotatable bonds is 5. The number of ether oxygens (including phenoxy) is 1. The van der Waals surface area contributed by atoms with E-state index >= 15 is 0 Å². The lowest BCUT2D eigenvalue weighted by atomic mass is 10.0. The summed E-state index contributed by atoms with van der Waals surface area (Å²) in [6.07, 6.45) is -4.47. The lowest BCUT2D eigenvalue weighted by molar-refractivity contribution is -0.297. The van der Waals surface area contributed by atoms with Gasteiger partial charge in [0, 0.05) is 18.3 Å². The molecule has 0 bridgehead atoms. The van der Waals surface area contributed by atoms with E-state index in [0.29, 0.717) is 11.7 Å². The van der Waals surface area contributed by atoms with Gasteiger partial charge in [-0.15, -0.1) is 0 Å². The highest BCUT2D eigenvalue weighted by Gasteiger charge is 2.63. The largest absolute Gasteiger partial charge is 0.471 e. The molecule has 1 atom stereocenters. The van der Waals surface area contributed by atoms with Crippen molar-refractivity contribution in [2.24, 2.45) is 5.10 Å². The Kier molecular flexibility index (Phi) is 5.40. The Morgan fingerprint density at radius 1 is 1.28 bits per heavy atom. The summed E-state index contributed by atoms with van der Waals surface area (Å²) < 4.78 is 46.7. The molecule has 0 saturated carbocycles. The number of carbonyl (C=O) groups is 1. The molecule has 1 N–H and O–H groups in total. The highest BCUT2D eigenvalue weighted by Crippen LogP contribution is 2.40. The number of halogens is 3. The highest BCUT2D eigenvalue weighted by atomic mass is 19.4. The molecule has 0 fully saturated rings. The number of benzene rings is 1. The zero-order chi connectivity index (χ0) is 21.4. The normalized spacial score (nSPS) is 19.6. The third-order valence-corrected chi connectivity index (χ3v) is 4.54. The van der Waals surface area contributed by atoms with Crippen molar-refractivity contribution in [3.05, 3.63) is 47.8 Å². The maximum Gasteiger partial charge on any atom is 0.438 e. The van der Waals surface area contributed by atoms with Crippen LogP contribution in [0.2, 0.25) is 0 Å². The second kappa shape index (κ2) is 7.51. The molecule has 2 aromatic rings. The van der Waals surface area contributed by atoms with Crippen LogP contribution in [0.1, 0.15) is 49.2 Å². The molecule has 156 valence electrons. The van der Waals surface area contributed by atoms with Gasteiger partial charge in [0.1, 0.15) is 5.75 Å². The summed E-state index contributed by atoms with van der Waals surface area (Å²) in [7, 11) is 0. The Hall–Kier alpha value is -2.88. The minimum Gasteiger partial charge on any atom is -0.471 e. The summed E-state index contributed by atoms with van der Waals surface area (Å²) in [6, 6.07) is 8.72. The van der Waals surface area contributed by atoms with Gasteiger partial charge in [0.2, 0.25) is 0 Å². The van der Waals surface area contributed by atoms with E-state index in [2.05, 4.69) is 24.0 Å². The smallest absolute Gasteiger partial charge is 0.438 e. The van der Waals surface area contributed by atoms with Gasteiger partial charge in [-0.25, -0.2) is 4.68 Å². The van der Waals surface area contributed by atoms with Gasteiger partial charge in [-0.2, -0.15) is 28.4 Å². The fourth-order valence-corrected chi connectivity index (χ4v) is 2.90. The number of aromatic nitrogens is 2. The number of hydrazone groups is 1. The first-order valence-electron chi connectivity index (χ1n) is 8.95. The molecule has 0 saturated heterocycles. The van der Waals surface area contributed by atoms with Gasteiger partial charge in [0.15, 0.2) is 12.4 Å². The average Bonchev–Trinajstić information content (AvgIpc) is 3.24. The van der Waals surface area contributed by atoms with Crippen molar-refractivity contribution < 1.29 is 27.8 Å². The van der Waals surface area contributed by atoms with E-state index in [0.717, 1.165) is 5.56 Å². The first-order valence-corrected chi connectivity index (χ1v) is 8.95. The summed E-state index contributed by atoms with van der Waals surface area (Å²) in [5, 5.41) is 17.6. The van der Waals surface area contributed by atoms with Crippen molar-refractivity contribution in [2.45, 2.75) is 51.7 Å². The number of amides is 1.